The Morgan fingerprint density at radius 2 is 1.85 bits per heavy atom. The van der Waals surface area contributed by atoms with Crippen LogP contribution < -0.4 is 9.47 Å². The Morgan fingerprint density at radius 1 is 1.15 bits per heavy atom. The van der Waals surface area contributed by atoms with Gasteiger partial charge >= 0.3 is 0 Å². The molecule has 2 amide bonds. The summed E-state index contributed by atoms with van der Waals surface area (Å²) in [5, 5.41) is 0.114. The van der Waals surface area contributed by atoms with Crippen LogP contribution in [0, 0.1) is 0 Å². The molecule has 0 N–H and O–H groups in total. The van der Waals surface area contributed by atoms with Crippen molar-refractivity contribution in [3.05, 3.63) is 63.0 Å². The smallest absolute Gasteiger partial charge is 0.293 e. The molecule has 0 saturated carbocycles. The minimum Gasteiger partial charge on any atom is -0.454 e. The Labute approximate surface area is 165 Å². The molecule has 0 radical (unpaired) electrons. The van der Waals surface area contributed by atoms with E-state index in [0.29, 0.717) is 27.0 Å². The number of ether oxygens (including phenoxy) is 2. The molecule has 1 fully saturated rings. The average Bonchev–Trinajstić information content (AvgIpc) is 3.22. The normalized spacial score (nSPS) is 17.3. The van der Waals surface area contributed by atoms with Gasteiger partial charge in [0.2, 0.25) is 6.79 Å². The summed E-state index contributed by atoms with van der Waals surface area (Å²) < 4.78 is 10.6. The summed E-state index contributed by atoms with van der Waals surface area (Å²) >= 11 is 7.21. The second kappa shape index (κ2) is 7.29. The Balaban J connectivity index is 1.55. The Bertz CT molecular complexity index is 955. The Kier molecular flexibility index (Phi) is 4.85. The van der Waals surface area contributed by atoms with Crippen LogP contribution in [0.4, 0.5) is 4.79 Å². The van der Waals surface area contributed by atoms with Gasteiger partial charge in [-0.1, -0.05) is 42.8 Å². The molecule has 7 heteroatoms. The predicted octanol–water partition coefficient (Wildman–Crippen LogP) is 4.87. The molecule has 0 aliphatic carbocycles. The first-order valence-electron chi connectivity index (χ1n) is 8.47. The summed E-state index contributed by atoms with van der Waals surface area (Å²) in [6.45, 7) is 2.31. The lowest BCUT2D eigenvalue weighted by molar-refractivity contribution is -0.123. The number of benzene rings is 2. The van der Waals surface area contributed by atoms with Gasteiger partial charge in [0.1, 0.15) is 0 Å². The Morgan fingerprint density at radius 3 is 2.56 bits per heavy atom. The molecule has 2 heterocycles. The molecule has 0 bridgehead atoms. The highest BCUT2D eigenvalue weighted by Gasteiger charge is 2.35. The number of carbonyl (C=O) groups is 2. The van der Waals surface area contributed by atoms with E-state index < -0.39 is 0 Å². The molecular weight excluding hydrogens is 386 g/mol. The van der Waals surface area contributed by atoms with Gasteiger partial charge in [0.25, 0.3) is 11.1 Å². The summed E-state index contributed by atoms with van der Waals surface area (Å²) in [7, 11) is 0. The quantitative estimate of drug-likeness (QED) is 0.684. The van der Waals surface area contributed by atoms with Crippen LogP contribution in [-0.2, 0) is 17.8 Å². The summed E-state index contributed by atoms with van der Waals surface area (Å²) in [5.41, 5.74) is 2.74. The third-order valence-electron chi connectivity index (χ3n) is 4.43. The van der Waals surface area contributed by atoms with Gasteiger partial charge in [0.05, 0.1) is 11.4 Å². The zero-order chi connectivity index (χ0) is 19.0. The van der Waals surface area contributed by atoms with Crippen LogP contribution >= 0.6 is 23.4 Å². The number of thioether (sulfide) groups is 1. The number of fused-ring (bicyclic) bond motifs is 1. The molecule has 27 heavy (non-hydrogen) atoms. The summed E-state index contributed by atoms with van der Waals surface area (Å²) in [5.74, 6) is 0.805. The fraction of sp³-hybridized carbons (Fsp3) is 0.200. The highest BCUT2D eigenvalue weighted by Crippen LogP contribution is 2.39. The monoisotopic (exact) mass is 401 g/mol. The third kappa shape index (κ3) is 3.55. The molecule has 4 rings (SSSR count). The first-order chi connectivity index (χ1) is 13.0. The molecule has 5 nitrogen and oxygen atoms in total. The number of nitrogens with zero attached hydrogens (tertiary/aromatic N) is 1. The summed E-state index contributed by atoms with van der Waals surface area (Å²) in [6, 6.07) is 11.3. The summed E-state index contributed by atoms with van der Waals surface area (Å²) in [6.07, 6.45) is 2.69. The molecule has 2 aliphatic rings. The van der Waals surface area contributed by atoms with E-state index in [9.17, 15) is 9.59 Å². The van der Waals surface area contributed by atoms with E-state index in [0.717, 1.165) is 23.7 Å². The molecule has 2 aromatic rings. The first-order valence-corrected chi connectivity index (χ1v) is 9.67. The number of hydrogen-bond acceptors (Lipinski definition) is 5. The molecule has 0 aromatic heterocycles. The molecule has 2 aromatic carbocycles. The van der Waals surface area contributed by atoms with E-state index in [1.807, 2.05) is 24.3 Å². The largest absolute Gasteiger partial charge is 0.454 e. The van der Waals surface area contributed by atoms with Crippen LogP contribution in [-0.4, -0.2) is 22.8 Å². The molecule has 0 atom stereocenters. The van der Waals surface area contributed by atoms with Crippen LogP contribution in [0.3, 0.4) is 0 Å². The maximum Gasteiger partial charge on any atom is 0.293 e. The maximum atomic E-state index is 12.7. The fourth-order valence-electron chi connectivity index (χ4n) is 2.89. The van der Waals surface area contributed by atoms with Crippen molar-refractivity contribution in [3.8, 4) is 11.5 Å². The summed E-state index contributed by atoms with van der Waals surface area (Å²) in [4.78, 5) is 26.7. The van der Waals surface area contributed by atoms with Crippen LogP contribution in [0.2, 0.25) is 5.02 Å². The van der Waals surface area contributed by atoms with Crippen molar-refractivity contribution >= 4 is 40.6 Å². The van der Waals surface area contributed by atoms with E-state index in [2.05, 4.69) is 6.92 Å². The highest BCUT2D eigenvalue weighted by molar-refractivity contribution is 8.18. The van der Waals surface area contributed by atoms with Crippen LogP contribution in [0.1, 0.15) is 23.6 Å². The number of halogens is 1. The number of carbonyl (C=O) groups excluding carboxylic acids is 2. The Hall–Kier alpha value is -2.44. The van der Waals surface area contributed by atoms with Gasteiger partial charge in [-0.3, -0.25) is 14.5 Å². The van der Waals surface area contributed by atoms with Crippen LogP contribution in [0.25, 0.3) is 6.08 Å². The number of rotatable bonds is 4. The minimum absolute atomic E-state index is 0.0895. The highest BCUT2D eigenvalue weighted by atomic mass is 35.5. The zero-order valence-electron chi connectivity index (χ0n) is 14.5. The van der Waals surface area contributed by atoms with Crippen LogP contribution in [0.15, 0.2) is 41.3 Å². The maximum absolute atomic E-state index is 12.7. The van der Waals surface area contributed by atoms with E-state index in [-0.39, 0.29) is 24.5 Å². The van der Waals surface area contributed by atoms with E-state index in [1.54, 1.807) is 18.2 Å². The molecule has 0 spiro atoms. The average molecular weight is 402 g/mol. The van der Waals surface area contributed by atoms with E-state index in [4.69, 9.17) is 21.1 Å². The van der Waals surface area contributed by atoms with E-state index >= 15 is 0 Å². The van der Waals surface area contributed by atoms with Crippen molar-refractivity contribution in [1.29, 1.82) is 0 Å². The third-order valence-corrected chi connectivity index (χ3v) is 5.69. The van der Waals surface area contributed by atoms with Gasteiger partial charge in [-0.2, -0.15) is 0 Å². The number of aryl methyl sites for hydroxylation is 1. The number of hydrogen-bond donors (Lipinski definition) is 0. The van der Waals surface area contributed by atoms with Crippen molar-refractivity contribution in [1.82, 2.24) is 4.90 Å². The number of amides is 2. The molecule has 2 aliphatic heterocycles. The molecule has 0 unspecified atom stereocenters. The van der Waals surface area contributed by atoms with Crippen molar-refractivity contribution in [2.24, 2.45) is 0 Å². The standard InChI is InChI=1S/C20H16ClNO4S/c1-2-12-3-5-13(6-4-12)7-18-19(23)22(20(24)27-18)10-14-8-16-17(9-15(14)21)26-11-25-16/h3-9H,2,10-11H2,1H3/b18-7-. The van der Waals surface area contributed by atoms with Gasteiger partial charge in [-0.05, 0) is 47.0 Å². The van der Waals surface area contributed by atoms with E-state index in [1.165, 1.54) is 10.5 Å². The minimum atomic E-state index is -0.321. The first kappa shape index (κ1) is 17.9. The molecule has 138 valence electrons. The lowest BCUT2D eigenvalue weighted by Crippen LogP contribution is -2.27. The molecular formula is C20H16ClNO4S. The van der Waals surface area contributed by atoms with Gasteiger partial charge in [0, 0.05) is 11.1 Å². The topological polar surface area (TPSA) is 55.8 Å². The van der Waals surface area contributed by atoms with Gasteiger partial charge in [0.15, 0.2) is 11.5 Å². The predicted molar refractivity (Wildman–Crippen MR) is 105 cm³/mol. The fourth-order valence-corrected chi connectivity index (χ4v) is 3.94. The van der Waals surface area contributed by atoms with Crippen molar-refractivity contribution in [2.75, 3.05) is 6.79 Å². The second-order valence-electron chi connectivity index (χ2n) is 6.16. The van der Waals surface area contributed by atoms with Gasteiger partial charge < -0.3 is 9.47 Å². The van der Waals surface area contributed by atoms with Gasteiger partial charge in [-0.25, -0.2) is 0 Å². The van der Waals surface area contributed by atoms with Crippen molar-refractivity contribution < 1.29 is 19.1 Å². The SMILES string of the molecule is CCc1ccc(/C=C2\SC(=O)N(Cc3cc4c(cc3Cl)OCO4)C2=O)cc1. The van der Waals surface area contributed by atoms with Crippen LogP contribution in [0.5, 0.6) is 11.5 Å². The zero-order valence-corrected chi connectivity index (χ0v) is 16.1. The van der Waals surface area contributed by atoms with Crippen molar-refractivity contribution in [2.45, 2.75) is 19.9 Å². The molecule has 1 saturated heterocycles. The second-order valence-corrected chi connectivity index (χ2v) is 7.56. The van der Waals surface area contributed by atoms with Crippen molar-refractivity contribution in [3.63, 3.8) is 0 Å². The van der Waals surface area contributed by atoms with Gasteiger partial charge in [-0.15, -0.1) is 0 Å². The number of imide groups is 1. The lowest BCUT2D eigenvalue weighted by atomic mass is 10.1. The lowest BCUT2D eigenvalue weighted by Gasteiger charge is -2.14.